The molecule has 0 N–H and O–H groups in total. The Bertz CT molecular complexity index is 1020. The van der Waals surface area contributed by atoms with Crippen molar-refractivity contribution in [2.75, 3.05) is 0 Å². The Balaban J connectivity index is 2.46. The summed E-state index contributed by atoms with van der Waals surface area (Å²) in [6, 6.07) is 19.8. The average Bonchev–Trinajstić information content (AvgIpc) is 2.52. The maximum Gasteiger partial charge on any atom is 0.0404 e. The summed E-state index contributed by atoms with van der Waals surface area (Å²) >= 11 is 7.40. The fraction of sp³-hybridized carbons (Fsp3) is 0. The zero-order chi connectivity index (χ0) is 14.6. The maximum absolute atomic E-state index is 2.50. The van der Waals surface area contributed by atoms with Gasteiger partial charge in [-0.05, 0) is 101 Å². The predicted octanol–water partition coefficient (Wildman–Crippen LogP) is 6.96. The molecule has 0 heterocycles. The Labute approximate surface area is 163 Å². The number of rotatable bonds is 0. The van der Waals surface area contributed by atoms with Crippen molar-refractivity contribution in [2.45, 2.75) is 0 Å². The molecule has 0 spiro atoms. The minimum absolute atomic E-state index is 1.32. The molecular formula is C18H9I3. The number of hydrogen-bond acceptors (Lipinski definition) is 0. The summed E-state index contributed by atoms with van der Waals surface area (Å²) in [5.41, 5.74) is 0. The van der Waals surface area contributed by atoms with Crippen molar-refractivity contribution < 1.29 is 0 Å². The monoisotopic (exact) mass is 606 g/mol. The summed E-state index contributed by atoms with van der Waals surface area (Å²) < 4.78 is 4.03. The van der Waals surface area contributed by atoms with E-state index in [4.69, 9.17) is 0 Å². The molecule has 0 aliphatic heterocycles. The molecule has 4 aromatic carbocycles. The predicted molar refractivity (Wildman–Crippen MR) is 117 cm³/mol. The highest BCUT2D eigenvalue weighted by Gasteiger charge is 2.14. The van der Waals surface area contributed by atoms with E-state index in [9.17, 15) is 0 Å². The molecule has 0 atom stereocenters. The lowest BCUT2D eigenvalue weighted by molar-refractivity contribution is 1.61. The van der Waals surface area contributed by atoms with Crippen molar-refractivity contribution in [3.8, 4) is 0 Å². The molecule has 21 heavy (non-hydrogen) atoms. The van der Waals surface area contributed by atoms with Crippen LogP contribution in [0.3, 0.4) is 0 Å². The lowest BCUT2D eigenvalue weighted by Gasteiger charge is -2.13. The highest BCUT2D eigenvalue weighted by atomic mass is 127. The van der Waals surface area contributed by atoms with Gasteiger partial charge in [0.15, 0.2) is 0 Å². The van der Waals surface area contributed by atoms with Crippen LogP contribution < -0.4 is 0 Å². The molecule has 0 radical (unpaired) electrons. The van der Waals surface area contributed by atoms with E-state index in [1.807, 2.05) is 0 Å². The Morgan fingerprint density at radius 2 is 1.00 bits per heavy atom. The lowest BCUT2D eigenvalue weighted by Crippen LogP contribution is -1.91. The minimum Gasteiger partial charge on any atom is -0.0616 e. The Kier molecular flexibility index (Phi) is 3.77. The van der Waals surface area contributed by atoms with Crippen LogP contribution in [0.15, 0.2) is 54.6 Å². The molecule has 4 rings (SSSR count). The van der Waals surface area contributed by atoms with Crippen LogP contribution in [0.5, 0.6) is 0 Å². The van der Waals surface area contributed by atoms with Crippen molar-refractivity contribution in [1.29, 1.82) is 0 Å². The third kappa shape index (κ3) is 2.18. The van der Waals surface area contributed by atoms with Gasteiger partial charge in [0.25, 0.3) is 0 Å². The van der Waals surface area contributed by atoms with Gasteiger partial charge < -0.3 is 0 Å². The van der Waals surface area contributed by atoms with Gasteiger partial charge in [-0.1, -0.05) is 48.5 Å². The van der Waals surface area contributed by atoms with E-state index in [0.717, 1.165) is 0 Å². The van der Waals surface area contributed by atoms with Crippen LogP contribution >= 0.6 is 67.8 Å². The zero-order valence-corrected chi connectivity index (χ0v) is 17.3. The molecule has 0 amide bonds. The summed E-state index contributed by atoms with van der Waals surface area (Å²) in [5, 5.41) is 8.13. The SMILES string of the molecule is Ic1cc2c3ccccc3c3ccccc3c2c(I)c1I. The van der Waals surface area contributed by atoms with Crippen molar-refractivity contribution in [1.82, 2.24) is 0 Å². The second-order valence-corrected chi connectivity index (χ2v) is 8.32. The van der Waals surface area contributed by atoms with Gasteiger partial charge in [-0.3, -0.25) is 0 Å². The topological polar surface area (TPSA) is 0 Å². The summed E-state index contributed by atoms with van der Waals surface area (Å²) in [5.74, 6) is 0. The molecule has 0 bridgehead atoms. The van der Waals surface area contributed by atoms with Crippen LogP contribution in [0.1, 0.15) is 0 Å². The van der Waals surface area contributed by atoms with Gasteiger partial charge in [0.05, 0.1) is 0 Å². The molecule has 102 valence electrons. The fourth-order valence-electron chi connectivity index (χ4n) is 2.96. The van der Waals surface area contributed by atoms with Gasteiger partial charge in [-0.25, -0.2) is 0 Å². The van der Waals surface area contributed by atoms with E-state index in [-0.39, 0.29) is 0 Å². The quantitative estimate of drug-likeness (QED) is 0.116. The first-order chi connectivity index (χ1) is 10.2. The first kappa shape index (κ1) is 14.4. The Hall–Kier alpha value is -0.150. The standard InChI is InChI=1S/C18H9I3/c19-15-9-14-12-7-2-1-5-10(12)11-6-3-4-8-13(11)16(14)18(21)17(15)20/h1-9H. The largest absolute Gasteiger partial charge is 0.0616 e. The molecule has 0 saturated heterocycles. The minimum atomic E-state index is 1.32. The summed E-state index contributed by atoms with van der Waals surface area (Å²) in [6.45, 7) is 0. The number of hydrogen-bond donors (Lipinski definition) is 0. The van der Waals surface area contributed by atoms with E-state index in [0.29, 0.717) is 0 Å². The Morgan fingerprint density at radius 3 is 1.62 bits per heavy atom. The average molecular weight is 606 g/mol. The van der Waals surface area contributed by atoms with Gasteiger partial charge >= 0.3 is 0 Å². The molecule has 4 aromatic rings. The van der Waals surface area contributed by atoms with E-state index >= 15 is 0 Å². The van der Waals surface area contributed by atoms with Crippen LogP contribution in [-0.4, -0.2) is 0 Å². The second-order valence-electron chi connectivity index (χ2n) is 5.00. The zero-order valence-electron chi connectivity index (χ0n) is 10.8. The van der Waals surface area contributed by atoms with Gasteiger partial charge in [0.1, 0.15) is 0 Å². The normalized spacial score (nSPS) is 11.6. The maximum atomic E-state index is 2.50. The molecule has 0 aliphatic rings. The smallest absolute Gasteiger partial charge is 0.0404 e. The van der Waals surface area contributed by atoms with Crippen molar-refractivity contribution in [3.05, 3.63) is 65.3 Å². The molecule has 0 fully saturated rings. The highest BCUT2D eigenvalue weighted by Crippen LogP contribution is 2.39. The van der Waals surface area contributed by atoms with Crippen molar-refractivity contribution in [2.24, 2.45) is 0 Å². The van der Waals surface area contributed by atoms with Gasteiger partial charge in [0.2, 0.25) is 0 Å². The van der Waals surface area contributed by atoms with E-state index in [1.54, 1.807) is 0 Å². The molecule has 0 aliphatic carbocycles. The second kappa shape index (κ2) is 5.49. The van der Waals surface area contributed by atoms with Crippen LogP contribution in [0.25, 0.3) is 32.3 Å². The van der Waals surface area contributed by atoms with Crippen LogP contribution in [0, 0.1) is 10.7 Å². The third-order valence-electron chi connectivity index (χ3n) is 3.87. The summed E-state index contributed by atoms with van der Waals surface area (Å²) in [7, 11) is 0. The van der Waals surface area contributed by atoms with Crippen LogP contribution in [0.2, 0.25) is 0 Å². The summed E-state index contributed by atoms with van der Waals surface area (Å²) in [6.07, 6.45) is 0. The molecule has 0 unspecified atom stereocenters. The van der Waals surface area contributed by atoms with Gasteiger partial charge in [0, 0.05) is 16.1 Å². The first-order valence-corrected chi connectivity index (χ1v) is 9.79. The van der Waals surface area contributed by atoms with Gasteiger partial charge in [-0.2, -0.15) is 0 Å². The molecule has 0 saturated carbocycles. The fourth-order valence-corrected chi connectivity index (χ4v) is 5.35. The highest BCUT2D eigenvalue weighted by molar-refractivity contribution is 14.1. The molecule has 3 heteroatoms. The van der Waals surface area contributed by atoms with E-state index < -0.39 is 0 Å². The van der Waals surface area contributed by atoms with Crippen molar-refractivity contribution >= 4 is 100 Å². The Morgan fingerprint density at radius 1 is 0.524 bits per heavy atom. The first-order valence-electron chi connectivity index (χ1n) is 6.55. The van der Waals surface area contributed by atoms with Crippen LogP contribution in [-0.2, 0) is 0 Å². The number of fused-ring (bicyclic) bond motifs is 6. The van der Waals surface area contributed by atoms with E-state index in [2.05, 4.69) is 122 Å². The third-order valence-corrected chi connectivity index (χ3v) is 8.98. The number of benzene rings is 4. The van der Waals surface area contributed by atoms with Crippen LogP contribution in [0.4, 0.5) is 0 Å². The molecular weight excluding hydrogens is 597 g/mol. The van der Waals surface area contributed by atoms with E-state index in [1.165, 1.54) is 43.0 Å². The molecule has 0 nitrogen and oxygen atoms in total. The summed E-state index contributed by atoms with van der Waals surface area (Å²) in [4.78, 5) is 0. The number of halogens is 3. The lowest BCUT2D eigenvalue weighted by atomic mass is 9.94. The molecule has 0 aromatic heterocycles. The van der Waals surface area contributed by atoms with Gasteiger partial charge in [-0.15, -0.1) is 0 Å². The van der Waals surface area contributed by atoms with Crippen molar-refractivity contribution in [3.63, 3.8) is 0 Å².